The second-order valence-corrected chi connectivity index (χ2v) is 6.41. The van der Waals surface area contributed by atoms with E-state index in [1.54, 1.807) is 49.6 Å². The first-order valence-corrected chi connectivity index (χ1v) is 9.07. The number of halogens is 2. The number of nitrogens with one attached hydrogen (secondary N) is 1. The molecule has 1 amide bonds. The molecule has 4 nitrogen and oxygen atoms in total. The van der Waals surface area contributed by atoms with E-state index < -0.39 is 11.6 Å². The Kier molecular flexibility index (Phi) is 6.44. The monoisotopic (exact) mass is 397 g/mol. The van der Waals surface area contributed by atoms with Crippen molar-refractivity contribution in [3.8, 4) is 22.6 Å². The maximum atomic E-state index is 14.4. The van der Waals surface area contributed by atoms with Gasteiger partial charge in [0.15, 0.2) is 11.5 Å². The average Bonchev–Trinajstić information content (AvgIpc) is 2.74. The molecule has 0 aromatic heterocycles. The first-order chi connectivity index (χ1) is 14.0. The maximum Gasteiger partial charge on any atom is 0.224 e. The van der Waals surface area contributed by atoms with E-state index in [1.165, 1.54) is 13.2 Å². The van der Waals surface area contributed by atoms with Gasteiger partial charge in [0.05, 0.1) is 19.9 Å². The quantitative estimate of drug-likeness (QED) is 0.595. The van der Waals surface area contributed by atoms with Crippen molar-refractivity contribution in [1.29, 1.82) is 0 Å². The van der Waals surface area contributed by atoms with Crippen LogP contribution in [0.25, 0.3) is 11.1 Å². The minimum absolute atomic E-state index is 0.0325. The van der Waals surface area contributed by atoms with Gasteiger partial charge in [-0.05, 0) is 35.7 Å². The summed E-state index contributed by atoms with van der Waals surface area (Å²) in [4.78, 5) is 12.5. The highest BCUT2D eigenvalue weighted by Gasteiger charge is 2.16. The molecule has 0 aliphatic heterocycles. The summed E-state index contributed by atoms with van der Waals surface area (Å²) in [5, 5.41) is 2.59. The zero-order chi connectivity index (χ0) is 20.8. The van der Waals surface area contributed by atoms with Crippen molar-refractivity contribution in [2.24, 2.45) is 0 Å². The number of carbonyl (C=O) groups is 1. The Morgan fingerprint density at radius 3 is 2.34 bits per heavy atom. The zero-order valence-corrected chi connectivity index (χ0v) is 16.2. The van der Waals surface area contributed by atoms with Gasteiger partial charge in [-0.3, -0.25) is 4.79 Å². The minimum atomic E-state index is -0.816. The smallest absolute Gasteiger partial charge is 0.224 e. The molecule has 1 N–H and O–H groups in total. The van der Waals surface area contributed by atoms with Gasteiger partial charge in [0.1, 0.15) is 11.6 Å². The largest absolute Gasteiger partial charge is 0.493 e. The molecule has 0 saturated carbocycles. The van der Waals surface area contributed by atoms with E-state index in [-0.39, 0.29) is 18.0 Å². The molecule has 3 rings (SSSR count). The Bertz CT molecular complexity index is 1010. The fraction of sp³-hybridized carbons (Fsp3) is 0.174. The molecular weight excluding hydrogens is 376 g/mol. The zero-order valence-electron chi connectivity index (χ0n) is 16.2. The Labute approximate surface area is 168 Å². The number of ether oxygens (including phenoxy) is 2. The molecule has 3 aromatic carbocycles. The van der Waals surface area contributed by atoms with Crippen LogP contribution in [0, 0.1) is 11.6 Å². The lowest BCUT2D eigenvalue weighted by atomic mass is 10.0. The van der Waals surface area contributed by atoms with E-state index in [2.05, 4.69) is 5.32 Å². The van der Waals surface area contributed by atoms with Crippen LogP contribution in [0.1, 0.15) is 12.0 Å². The van der Waals surface area contributed by atoms with Crippen LogP contribution in [0.2, 0.25) is 0 Å². The lowest BCUT2D eigenvalue weighted by Gasteiger charge is -2.13. The molecule has 0 heterocycles. The van der Waals surface area contributed by atoms with Gasteiger partial charge in [-0.2, -0.15) is 0 Å². The van der Waals surface area contributed by atoms with Crippen molar-refractivity contribution < 1.29 is 23.0 Å². The van der Waals surface area contributed by atoms with Gasteiger partial charge < -0.3 is 14.8 Å². The summed E-state index contributed by atoms with van der Waals surface area (Å²) in [5.41, 5.74) is 1.75. The minimum Gasteiger partial charge on any atom is -0.493 e. The lowest BCUT2D eigenvalue weighted by molar-refractivity contribution is -0.116. The fourth-order valence-corrected chi connectivity index (χ4v) is 3.04. The first-order valence-electron chi connectivity index (χ1n) is 9.07. The predicted octanol–water partition coefficient (Wildman–Crippen LogP) is 5.22. The van der Waals surface area contributed by atoms with E-state index in [1.807, 2.05) is 6.07 Å². The number of hydrogen-bond donors (Lipinski definition) is 1. The summed E-state index contributed by atoms with van der Waals surface area (Å²) in [6.07, 6.45) is 0.552. The molecule has 0 saturated heterocycles. The summed E-state index contributed by atoms with van der Waals surface area (Å²) in [6, 6.07) is 16.2. The van der Waals surface area contributed by atoms with E-state index in [4.69, 9.17) is 9.47 Å². The third-order valence-electron chi connectivity index (χ3n) is 4.49. The van der Waals surface area contributed by atoms with Crippen LogP contribution in [0.15, 0.2) is 60.7 Å². The molecule has 29 heavy (non-hydrogen) atoms. The molecule has 6 heteroatoms. The number of aryl methyl sites for hydroxylation is 1. The third kappa shape index (κ3) is 4.90. The summed E-state index contributed by atoms with van der Waals surface area (Å²) in [7, 11) is 3.09. The average molecular weight is 397 g/mol. The molecule has 0 fully saturated rings. The summed E-state index contributed by atoms with van der Waals surface area (Å²) < 4.78 is 38.6. The Hall–Kier alpha value is -3.41. The van der Waals surface area contributed by atoms with Crippen LogP contribution in [0.5, 0.6) is 11.5 Å². The highest BCUT2D eigenvalue weighted by molar-refractivity contribution is 5.95. The van der Waals surface area contributed by atoms with Crippen molar-refractivity contribution in [2.75, 3.05) is 19.5 Å². The van der Waals surface area contributed by atoms with Crippen molar-refractivity contribution in [2.45, 2.75) is 12.8 Å². The van der Waals surface area contributed by atoms with Crippen LogP contribution in [0.3, 0.4) is 0 Å². The Morgan fingerprint density at radius 1 is 0.931 bits per heavy atom. The molecule has 0 bridgehead atoms. The molecule has 0 radical (unpaired) electrons. The fourth-order valence-electron chi connectivity index (χ4n) is 3.04. The molecule has 0 aliphatic rings. The van der Waals surface area contributed by atoms with Gasteiger partial charge in [0, 0.05) is 18.1 Å². The number of amides is 1. The number of benzene rings is 3. The SMILES string of the molecule is COc1ccc(CCC(=O)Nc2c(F)cc(F)cc2-c2ccccc2)cc1OC. The number of hydrogen-bond acceptors (Lipinski definition) is 3. The summed E-state index contributed by atoms with van der Waals surface area (Å²) >= 11 is 0. The standard InChI is InChI=1S/C23H21F2NO3/c1-28-20-10-8-15(12-21(20)29-2)9-11-22(27)26-23-18(13-17(24)14-19(23)25)16-6-4-3-5-7-16/h3-8,10,12-14H,9,11H2,1-2H3,(H,26,27). The topological polar surface area (TPSA) is 47.6 Å². The van der Waals surface area contributed by atoms with Gasteiger partial charge in [-0.15, -0.1) is 0 Å². The molecule has 3 aromatic rings. The van der Waals surface area contributed by atoms with Crippen LogP contribution >= 0.6 is 0 Å². The lowest BCUT2D eigenvalue weighted by Crippen LogP contribution is -2.14. The number of anilines is 1. The van der Waals surface area contributed by atoms with E-state index >= 15 is 0 Å². The van der Waals surface area contributed by atoms with Gasteiger partial charge in [-0.1, -0.05) is 36.4 Å². The van der Waals surface area contributed by atoms with Crippen molar-refractivity contribution in [1.82, 2.24) is 0 Å². The van der Waals surface area contributed by atoms with Crippen LogP contribution < -0.4 is 14.8 Å². The van der Waals surface area contributed by atoms with E-state index in [9.17, 15) is 13.6 Å². The van der Waals surface area contributed by atoms with Crippen molar-refractivity contribution in [3.05, 3.63) is 77.9 Å². The molecule has 0 unspecified atom stereocenters. The Morgan fingerprint density at radius 2 is 1.66 bits per heavy atom. The second kappa shape index (κ2) is 9.19. The molecule has 0 aliphatic carbocycles. The van der Waals surface area contributed by atoms with Gasteiger partial charge in [-0.25, -0.2) is 8.78 Å². The number of carbonyl (C=O) groups excluding carboxylic acids is 1. The molecule has 0 atom stereocenters. The van der Waals surface area contributed by atoms with E-state index in [0.29, 0.717) is 29.0 Å². The van der Waals surface area contributed by atoms with Crippen LogP contribution in [-0.2, 0) is 11.2 Å². The van der Waals surface area contributed by atoms with Crippen molar-refractivity contribution >= 4 is 11.6 Å². The Balaban J connectivity index is 1.76. The number of rotatable bonds is 7. The van der Waals surface area contributed by atoms with Gasteiger partial charge >= 0.3 is 0 Å². The normalized spacial score (nSPS) is 10.5. The van der Waals surface area contributed by atoms with E-state index in [0.717, 1.165) is 11.6 Å². The highest BCUT2D eigenvalue weighted by Crippen LogP contribution is 2.32. The molecule has 150 valence electrons. The molecular formula is C23H21F2NO3. The van der Waals surface area contributed by atoms with Crippen LogP contribution in [-0.4, -0.2) is 20.1 Å². The van der Waals surface area contributed by atoms with Gasteiger partial charge in [0.2, 0.25) is 5.91 Å². The summed E-state index contributed by atoms with van der Waals surface area (Å²) in [5.74, 6) is -0.724. The van der Waals surface area contributed by atoms with Gasteiger partial charge in [0.25, 0.3) is 0 Å². The summed E-state index contributed by atoms with van der Waals surface area (Å²) in [6.45, 7) is 0. The second-order valence-electron chi connectivity index (χ2n) is 6.41. The van der Waals surface area contributed by atoms with Crippen LogP contribution in [0.4, 0.5) is 14.5 Å². The number of methoxy groups -OCH3 is 2. The first kappa shape index (κ1) is 20.3. The molecule has 0 spiro atoms. The van der Waals surface area contributed by atoms with Crippen molar-refractivity contribution in [3.63, 3.8) is 0 Å². The third-order valence-corrected chi connectivity index (χ3v) is 4.49. The predicted molar refractivity (Wildman–Crippen MR) is 108 cm³/mol. The maximum absolute atomic E-state index is 14.4. The highest BCUT2D eigenvalue weighted by atomic mass is 19.1.